The summed E-state index contributed by atoms with van der Waals surface area (Å²) in [5.41, 5.74) is -4.61. The van der Waals surface area contributed by atoms with Crippen LogP contribution in [0.3, 0.4) is 0 Å². The number of nitrogens with one attached hydrogen (secondary N) is 1. The number of carbonyl (C=O) groups excluding carboxylic acids is 1. The van der Waals surface area contributed by atoms with Gasteiger partial charge in [-0.1, -0.05) is 0 Å². The average molecular weight is 526 g/mol. The molecule has 200 valence electrons. The number of anilines is 1. The maximum absolute atomic E-state index is 14.8. The van der Waals surface area contributed by atoms with Crippen molar-refractivity contribution < 1.29 is 32.2 Å². The van der Waals surface area contributed by atoms with E-state index >= 15 is 0 Å². The van der Waals surface area contributed by atoms with E-state index in [-0.39, 0.29) is 29.0 Å². The second-order valence-corrected chi connectivity index (χ2v) is 10.0. The van der Waals surface area contributed by atoms with Gasteiger partial charge in [-0.25, -0.2) is 24.1 Å². The maximum atomic E-state index is 14.8. The molecule has 0 spiro atoms. The fourth-order valence-electron chi connectivity index (χ4n) is 3.85. The van der Waals surface area contributed by atoms with Crippen molar-refractivity contribution in [3.05, 3.63) is 36.3 Å². The molecule has 1 aliphatic rings. The number of ether oxygens (including phenoxy) is 1. The Morgan fingerprint density at radius 1 is 1.14 bits per heavy atom. The van der Waals surface area contributed by atoms with Crippen molar-refractivity contribution in [1.29, 1.82) is 0 Å². The van der Waals surface area contributed by atoms with Crippen molar-refractivity contribution in [2.75, 3.05) is 18.4 Å². The summed E-state index contributed by atoms with van der Waals surface area (Å²) in [7, 11) is 0. The molecule has 4 rings (SSSR count). The molecule has 0 aliphatic carbocycles. The molecule has 1 fully saturated rings. The Morgan fingerprint density at radius 3 is 2.54 bits per heavy atom. The molecule has 0 saturated carbocycles. The second kappa shape index (κ2) is 9.39. The fourth-order valence-corrected chi connectivity index (χ4v) is 3.85. The lowest BCUT2D eigenvalue weighted by Crippen LogP contribution is -2.47. The molecule has 10 nitrogen and oxygen atoms in total. The van der Waals surface area contributed by atoms with E-state index in [1.165, 1.54) is 10.6 Å². The number of hydrogen-bond donors (Lipinski definition) is 2. The van der Waals surface area contributed by atoms with E-state index in [0.29, 0.717) is 32.9 Å². The van der Waals surface area contributed by atoms with Crippen LogP contribution in [0.5, 0.6) is 0 Å². The van der Waals surface area contributed by atoms with Gasteiger partial charge in [0.2, 0.25) is 11.5 Å². The number of hydrogen-bond acceptors (Lipinski definition) is 8. The number of halogens is 4. The molecule has 1 aliphatic heterocycles. The van der Waals surface area contributed by atoms with Crippen LogP contribution in [-0.2, 0) is 10.3 Å². The van der Waals surface area contributed by atoms with Crippen LogP contribution >= 0.6 is 0 Å². The topological polar surface area (TPSA) is 118 Å². The third kappa shape index (κ3) is 5.58. The average Bonchev–Trinajstić information content (AvgIpc) is 3.22. The molecular formula is C23H27F4N7O3. The number of aromatic nitrogens is 5. The predicted molar refractivity (Wildman–Crippen MR) is 124 cm³/mol. The third-order valence-electron chi connectivity index (χ3n) is 5.84. The molecule has 2 N–H and O–H groups in total. The van der Waals surface area contributed by atoms with Gasteiger partial charge >= 0.3 is 12.3 Å². The van der Waals surface area contributed by atoms with Crippen molar-refractivity contribution in [2.24, 2.45) is 0 Å². The van der Waals surface area contributed by atoms with E-state index in [1.807, 2.05) is 0 Å². The van der Waals surface area contributed by atoms with Crippen LogP contribution in [0.4, 0.5) is 28.3 Å². The second-order valence-electron chi connectivity index (χ2n) is 10.0. The Morgan fingerprint density at radius 2 is 1.86 bits per heavy atom. The molecule has 0 aromatic carbocycles. The van der Waals surface area contributed by atoms with Crippen molar-refractivity contribution in [2.45, 2.75) is 64.0 Å². The molecule has 1 amide bonds. The summed E-state index contributed by atoms with van der Waals surface area (Å²) in [6, 6.07) is -0.237. The Hall–Kier alpha value is -3.55. The first-order valence-electron chi connectivity index (χ1n) is 11.6. The van der Waals surface area contributed by atoms with Gasteiger partial charge in [-0.2, -0.15) is 13.2 Å². The van der Waals surface area contributed by atoms with Gasteiger partial charge in [0.25, 0.3) is 0 Å². The number of fused-ring (bicyclic) bond motifs is 1. The zero-order valence-electron chi connectivity index (χ0n) is 20.7. The van der Waals surface area contributed by atoms with E-state index in [9.17, 15) is 27.5 Å². The van der Waals surface area contributed by atoms with Gasteiger partial charge in [-0.3, -0.25) is 9.38 Å². The summed E-state index contributed by atoms with van der Waals surface area (Å²) in [4.78, 5) is 30.0. The number of alkyl halides is 3. The zero-order chi connectivity index (χ0) is 27.2. The standard InChI is InChI=1S/C23H27F4N7O3/c1-21(2,3)37-20(35)33-7-5-6-13(11-33)31-19-30-8-14(24)18(32-19)15-9-29-17-10-28-16(12-34(15)17)22(4,36)23(25,26)27/h8-10,12-13,36H,5-7,11H2,1-4H3,(H,30,31,32). The molecule has 3 aromatic rings. The molecule has 2 unspecified atom stereocenters. The highest BCUT2D eigenvalue weighted by atomic mass is 19.4. The molecule has 4 heterocycles. The van der Waals surface area contributed by atoms with Crippen molar-refractivity contribution in [1.82, 2.24) is 29.2 Å². The highest BCUT2D eigenvalue weighted by Crippen LogP contribution is 2.37. The molecular weight excluding hydrogens is 498 g/mol. The summed E-state index contributed by atoms with van der Waals surface area (Å²) in [6.45, 7) is 6.77. The normalized spacial score (nSPS) is 18.5. The molecule has 1 saturated heterocycles. The Bertz CT molecular complexity index is 1300. The molecule has 0 radical (unpaired) electrons. The molecule has 3 aromatic heterocycles. The predicted octanol–water partition coefficient (Wildman–Crippen LogP) is 3.91. The van der Waals surface area contributed by atoms with Gasteiger partial charge < -0.3 is 20.1 Å². The number of rotatable bonds is 4. The van der Waals surface area contributed by atoms with Crippen LogP contribution in [0, 0.1) is 5.82 Å². The number of piperidine rings is 1. The summed E-state index contributed by atoms with van der Waals surface area (Å²) in [5.74, 6) is -0.758. The van der Waals surface area contributed by atoms with Crippen LogP contribution in [0.15, 0.2) is 24.8 Å². The summed E-state index contributed by atoms with van der Waals surface area (Å²) < 4.78 is 61.4. The fraction of sp³-hybridized carbons (Fsp3) is 0.522. The van der Waals surface area contributed by atoms with Gasteiger partial charge in [0, 0.05) is 25.3 Å². The van der Waals surface area contributed by atoms with E-state index in [4.69, 9.17) is 4.74 Å². The first kappa shape index (κ1) is 26.5. The van der Waals surface area contributed by atoms with Gasteiger partial charge in [0.05, 0.1) is 30.0 Å². The van der Waals surface area contributed by atoms with Crippen molar-refractivity contribution >= 4 is 17.7 Å². The highest BCUT2D eigenvalue weighted by Gasteiger charge is 2.52. The Balaban J connectivity index is 1.60. The lowest BCUT2D eigenvalue weighted by atomic mass is 10.0. The number of aliphatic hydroxyl groups is 1. The van der Waals surface area contributed by atoms with E-state index in [2.05, 4.69) is 25.3 Å². The lowest BCUT2D eigenvalue weighted by Gasteiger charge is -2.34. The Kier molecular flexibility index (Phi) is 6.73. The minimum absolute atomic E-state index is 0.0404. The molecule has 37 heavy (non-hydrogen) atoms. The lowest BCUT2D eigenvalue weighted by molar-refractivity contribution is -0.260. The molecule has 2 atom stereocenters. The first-order valence-corrected chi connectivity index (χ1v) is 11.6. The minimum Gasteiger partial charge on any atom is -0.444 e. The quantitative estimate of drug-likeness (QED) is 0.493. The zero-order valence-corrected chi connectivity index (χ0v) is 20.7. The number of carbonyl (C=O) groups is 1. The van der Waals surface area contributed by atoms with Crippen molar-refractivity contribution in [3.8, 4) is 11.4 Å². The number of amides is 1. The number of imidazole rings is 1. The third-order valence-corrected chi connectivity index (χ3v) is 5.84. The Labute approximate surface area is 209 Å². The smallest absolute Gasteiger partial charge is 0.422 e. The van der Waals surface area contributed by atoms with Gasteiger partial charge in [0.15, 0.2) is 11.5 Å². The summed E-state index contributed by atoms with van der Waals surface area (Å²) >= 11 is 0. The first-order chi connectivity index (χ1) is 17.2. The van der Waals surface area contributed by atoms with E-state index in [0.717, 1.165) is 18.6 Å². The van der Waals surface area contributed by atoms with Crippen LogP contribution in [0.2, 0.25) is 0 Å². The van der Waals surface area contributed by atoms with E-state index < -0.39 is 35.0 Å². The SMILES string of the molecule is CC(C)(C)OC(=O)N1CCCC(Nc2ncc(F)c(-c3cnc4cnc(C(C)(O)C(F)(F)F)cn34)n2)C1. The molecule has 14 heteroatoms. The highest BCUT2D eigenvalue weighted by molar-refractivity contribution is 5.68. The van der Waals surface area contributed by atoms with Crippen molar-refractivity contribution in [3.63, 3.8) is 0 Å². The number of nitrogens with zero attached hydrogens (tertiary/aromatic N) is 6. The summed E-state index contributed by atoms with van der Waals surface area (Å²) in [5, 5.41) is 13.1. The largest absolute Gasteiger partial charge is 0.444 e. The minimum atomic E-state index is -4.99. The van der Waals surface area contributed by atoms with Gasteiger partial charge in [-0.15, -0.1) is 0 Å². The van der Waals surface area contributed by atoms with Crippen LogP contribution in [-0.4, -0.2) is 71.3 Å². The van der Waals surface area contributed by atoms with E-state index in [1.54, 1.807) is 25.7 Å². The summed E-state index contributed by atoms with van der Waals surface area (Å²) in [6.07, 6.45) is 0.142. The van der Waals surface area contributed by atoms with Crippen LogP contribution in [0.1, 0.15) is 46.2 Å². The number of likely N-dealkylation sites (tertiary alicyclic amines) is 1. The molecule has 0 bridgehead atoms. The van der Waals surface area contributed by atoms with Crippen LogP contribution in [0.25, 0.3) is 17.0 Å². The maximum Gasteiger partial charge on any atom is 0.422 e. The van der Waals surface area contributed by atoms with Gasteiger partial charge in [-0.05, 0) is 40.5 Å². The van der Waals surface area contributed by atoms with Gasteiger partial charge in [0.1, 0.15) is 11.3 Å². The monoisotopic (exact) mass is 525 g/mol. The van der Waals surface area contributed by atoms with Crippen LogP contribution < -0.4 is 5.32 Å².